The van der Waals surface area contributed by atoms with E-state index in [1.807, 2.05) is 61.5 Å². The Labute approximate surface area is 155 Å². The second-order valence-corrected chi connectivity index (χ2v) is 8.77. The Balaban J connectivity index is 1.65. The van der Waals surface area contributed by atoms with Crippen LogP contribution in [0.2, 0.25) is 0 Å². The predicted molar refractivity (Wildman–Crippen MR) is 103 cm³/mol. The summed E-state index contributed by atoms with van der Waals surface area (Å²) in [7, 11) is -3.43. The number of rotatable bonds is 5. The minimum absolute atomic E-state index is 0.0277. The number of carbonyl (C=O) groups is 1. The van der Waals surface area contributed by atoms with Crippen molar-refractivity contribution in [3.8, 4) is 0 Å². The highest BCUT2D eigenvalue weighted by Gasteiger charge is 2.32. The molecule has 1 fully saturated rings. The van der Waals surface area contributed by atoms with Gasteiger partial charge in [0.05, 0.1) is 11.7 Å². The average molecular weight is 372 g/mol. The molecule has 0 aromatic heterocycles. The number of carbonyl (C=O) groups excluding carboxylic acids is 1. The normalized spacial score (nSPS) is 18.4. The molecule has 1 saturated heterocycles. The van der Waals surface area contributed by atoms with E-state index in [9.17, 15) is 13.2 Å². The van der Waals surface area contributed by atoms with Gasteiger partial charge in [-0.15, -0.1) is 0 Å². The summed E-state index contributed by atoms with van der Waals surface area (Å²) in [6.45, 7) is 2.68. The molecule has 0 bridgehead atoms. The molecule has 26 heavy (non-hydrogen) atoms. The smallest absolute Gasteiger partial charge is 0.228 e. The highest BCUT2D eigenvalue weighted by Crippen LogP contribution is 2.23. The Morgan fingerprint density at radius 2 is 1.92 bits per heavy atom. The maximum Gasteiger partial charge on any atom is 0.228 e. The van der Waals surface area contributed by atoms with Crippen molar-refractivity contribution >= 4 is 21.6 Å². The molecule has 3 rings (SSSR count). The summed E-state index contributed by atoms with van der Waals surface area (Å²) in [5.41, 5.74) is 2.58. The Kier molecular flexibility index (Phi) is 5.74. The van der Waals surface area contributed by atoms with Crippen molar-refractivity contribution in [2.45, 2.75) is 25.5 Å². The van der Waals surface area contributed by atoms with Crippen molar-refractivity contribution in [2.24, 2.45) is 5.92 Å². The minimum Gasteiger partial charge on any atom is -0.326 e. The van der Waals surface area contributed by atoms with E-state index < -0.39 is 10.0 Å². The number of hydrogen-bond acceptors (Lipinski definition) is 3. The van der Waals surface area contributed by atoms with Gasteiger partial charge in [-0.1, -0.05) is 42.5 Å². The van der Waals surface area contributed by atoms with Crippen LogP contribution in [-0.4, -0.2) is 31.7 Å². The fourth-order valence-corrected chi connectivity index (χ4v) is 4.86. The molecule has 0 radical (unpaired) electrons. The predicted octanol–water partition coefficient (Wildman–Crippen LogP) is 3.18. The Morgan fingerprint density at radius 3 is 2.65 bits per heavy atom. The van der Waals surface area contributed by atoms with Crippen LogP contribution in [0.1, 0.15) is 24.0 Å². The molecule has 1 aliphatic heterocycles. The summed E-state index contributed by atoms with van der Waals surface area (Å²) in [5, 5.41) is 2.91. The van der Waals surface area contributed by atoms with E-state index in [1.165, 1.54) is 4.31 Å². The van der Waals surface area contributed by atoms with Crippen molar-refractivity contribution in [1.82, 2.24) is 4.31 Å². The zero-order chi connectivity index (χ0) is 18.6. The van der Waals surface area contributed by atoms with Gasteiger partial charge in [0, 0.05) is 18.8 Å². The molecular formula is C20H24N2O3S. The zero-order valence-electron chi connectivity index (χ0n) is 14.9. The number of piperidine rings is 1. The SMILES string of the molecule is Cc1cccc(NC(=O)[C@H]2CCCN(S(=O)(=O)Cc3ccccc3)C2)c1. The quantitative estimate of drug-likeness (QED) is 0.877. The van der Waals surface area contributed by atoms with Crippen LogP contribution in [0.15, 0.2) is 54.6 Å². The lowest BCUT2D eigenvalue weighted by atomic mass is 9.98. The summed E-state index contributed by atoms with van der Waals surface area (Å²) in [6.07, 6.45) is 1.40. The van der Waals surface area contributed by atoms with Crippen molar-refractivity contribution in [3.63, 3.8) is 0 Å². The summed E-state index contributed by atoms with van der Waals surface area (Å²) in [5.74, 6) is -0.468. The monoisotopic (exact) mass is 372 g/mol. The summed E-state index contributed by atoms with van der Waals surface area (Å²) >= 11 is 0. The topological polar surface area (TPSA) is 66.5 Å². The Morgan fingerprint density at radius 1 is 1.15 bits per heavy atom. The highest BCUT2D eigenvalue weighted by atomic mass is 32.2. The molecule has 0 unspecified atom stereocenters. The average Bonchev–Trinajstić information content (AvgIpc) is 2.62. The lowest BCUT2D eigenvalue weighted by Gasteiger charge is -2.31. The van der Waals surface area contributed by atoms with E-state index in [4.69, 9.17) is 0 Å². The molecule has 2 aromatic carbocycles. The molecule has 1 heterocycles. The molecule has 0 aliphatic carbocycles. The van der Waals surface area contributed by atoms with Crippen molar-refractivity contribution < 1.29 is 13.2 Å². The molecular weight excluding hydrogens is 348 g/mol. The van der Waals surface area contributed by atoms with Gasteiger partial charge < -0.3 is 5.32 Å². The number of sulfonamides is 1. The fourth-order valence-electron chi connectivity index (χ4n) is 3.25. The molecule has 1 aliphatic rings. The van der Waals surface area contributed by atoms with Gasteiger partial charge in [-0.25, -0.2) is 12.7 Å². The van der Waals surface area contributed by atoms with Crippen molar-refractivity contribution in [2.75, 3.05) is 18.4 Å². The zero-order valence-corrected chi connectivity index (χ0v) is 15.7. The van der Waals surface area contributed by atoms with Gasteiger partial charge in [-0.2, -0.15) is 0 Å². The number of nitrogens with zero attached hydrogens (tertiary/aromatic N) is 1. The van der Waals surface area contributed by atoms with Crippen LogP contribution in [0.3, 0.4) is 0 Å². The highest BCUT2D eigenvalue weighted by molar-refractivity contribution is 7.88. The first-order valence-electron chi connectivity index (χ1n) is 8.83. The molecule has 6 heteroatoms. The van der Waals surface area contributed by atoms with E-state index in [-0.39, 0.29) is 24.1 Å². The van der Waals surface area contributed by atoms with Crippen LogP contribution in [0.5, 0.6) is 0 Å². The molecule has 1 N–H and O–H groups in total. The van der Waals surface area contributed by atoms with Gasteiger partial charge in [-0.05, 0) is 43.0 Å². The summed E-state index contributed by atoms with van der Waals surface area (Å²) in [6, 6.07) is 16.8. The first-order chi connectivity index (χ1) is 12.4. The number of amides is 1. The van der Waals surface area contributed by atoms with E-state index in [0.717, 1.165) is 16.8 Å². The number of hydrogen-bond donors (Lipinski definition) is 1. The molecule has 0 spiro atoms. The van der Waals surface area contributed by atoms with Crippen LogP contribution >= 0.6 is 0 Å². The number of aryl methyl sites for hydroxylation is 1. The third-order valence-corrected chi connectivity index (χ3v) is 6.44. The molecule has 1 amide bonds. The lowest BCUT2D eigenvalue weighted by Crippen LogP contribution is -2.44. The molecule has 138 valence electrons. The number of anilines is 1. The van der Waals surface area contributed by atoms with E-state index in [1.54, 1.807) is 0 Å². The molecule has 5 nitrogen and oxygen atoms in total. The molecule has 0 saturated carbocycles. The first-order valence-corrected chi connectivity index (χ1v) is 10.4. The van der Waals surface area contributed by atoms with Crippen LogP contribution in [0.4, 0.5) is 5.69 Å². The van der Waals surface area contributed by atoms with Gasteiger partial charge in [0.2, 0.25) is 15.9 Å². The molecule has 2 aromatic rings. The Hall–Kier alpha value is -2.18. The second-order valence-electron chi connectivity index (χ2n) is 6.80. The molecule has 1 atom stereocenters. The largest absolute Gasteiger partial charge is 0.326 e. The van der Waals surface area contributed by atoms with Crippen molar-refractivity contribution in [1.29, 1.82) is 0 Å². The third kappa shape index (κ3) is 4.71. The maximum atomic E-state index is 12.7. The Bertz CT molecular complexity index is 866. The number of benzene rings is 2. The van der Waals surface area contributed by atoms with Gasteiger partial charge in [0.25, 0.3) is 0 Å². The van der Waals surface area contributed by atoms with Crippen LogP contribution in [-0.2, 0) is 20.6 Å². The third-order valence-electron chi connectivity index (χ3n) is 4.63. The van der Waals surface area contributed by atoms with E-state index in [2.05, 4.69) is 5.32 Å². The summed E-state index contributed by atoms with van der Waals surface area (Å²) < 4.78 is 26.9. The second kappa shape index (κ2) is 8.01. The standard InChI is InChI=1S/C20H24N2O3S/c1-16-7-5-11-19(13-16)21-20(23)18-10-6-12-22(14-18)26(24,25)15-17-8-3-2-4-9-17/h2-5,7-9,11,13,18H,6,10,12,14-15H2,1H3,(H,21,23)/t18-/m0/s1. The van der Waals surface area contributed by atoms with Gasteiger partial charge in [0.1, 0.15) is 0 Å². The van der Waals surface area contributed by atoms with E-state index in [0.29, 0.717) is 19.4 Å². The lowest BCUT2D eigenvalue weighted by molar-refractivity contribution is -0.120. The van der Waals surface area contributed by atoms with E-state index >= 15 is 0 Å². The number of nitrogens with one attached hydrogen (secondary N) is 1. The summed E-state index contributed by atoms with van der Waals surface area (Å²) in [4.78, 5) is 12.6. The van der Waals surface area contributed by atoms with Gasteiger partial charge in [-0.3, -0.25) is 4.79 Å². The van der Waals surface area contributed by atoms with Crippen LogP contribution in [0, 0.1) is 12.8 Å². The van der Waals surface area contributed by atoms with Crippen LogP contribution < -0.4 is 5.32 Å². The first kappa shape index (κ1) is 18.6. The minimum atomic E-state index is -3.43. The maximum absolute atomic E-state index is 12.7. The van der Waals surface area contributed by atoms with Gasteiger partial charge in [0.15, 0.2) is 0 Å². The van der Waals surface area contributed by atoms with Gasteiger partial charge >= 0.3 is 0 Å². The van der Waals surface area contributed by atoms with Crippen LogP contribution in [0.25, 0.3) is 0 Å². The van der Waals surface area contributed by atoms with Crippen molar-refractivity contribution in [3.05, 3.63) is 65.7 Å². The fraction of sp³-hybridized carbons (Fsp3) is 0.350.